The largest absolute Gasteiger partial charge is 0.508 e. The first-order chi connectivity index (χ1) is 17.3. The number of ether oxygens (including phenoxy) is 5. The molecule has 2 fully saturated rings. The molecule has 192 valence electrons. The maximum absolute atomic E-state index is 12.7. The van der Waals surface area contributed by atoms with Gasteiger partial charge in [0.2, 0.25) is 5.60 Å². The van der Waals surface area contributed by atoms with Crippen LogP contribution in [0.2, 0.25) is 0 Å². The Morgan fingerprint density at radius 1 is 1.28 bits per heavy atom. The van der Waals surface area contributed by atoms with Crippen LogP contribution >= 0.6 is 0 Å². The zero-order valence-corrected chi connectivity index (χ0v) is 18.7. The zero-order valence-electron chi connectivity index (χ0n) is 18.7. The standard InChI is InChI=1S/C21H21F2N5O8/c22-6-11(7-23)33-20(31)32-8-13-17-18(35-16(30)3-1-2-15(29)34-17)21(9-24,36-13)14-5-4-12-19(25)26-10-27-28(12)14/h4-5,10-11,13,17-18H,1-3,6-8H2,(H2,25,26,27)/t13-,17-,18-,21+/m1/s1. The van der Waals surface area contributed by atoms with Gasteiger partial charge < -0.3 is 29.4 Å². The van der Waals surface area contributed by atoms with E-state index in [-0.39, 0.29) is 30.8 Å². The lowest BCUT2D eigenvalue weighted by Crippen LogP contribution is -2.45. The van der Waals surface area contributed by atoms with Gasteiger partial charge in [0.05, 0.1) is 5.69 Å². The predicted octanol–water partition coefficient (Wildman–Crippen LogP) is 0.897. The molecule has 2 saturated heterocycles. The first-order valence-electron chi connectivity index (χ1n) is 10.8. The highest BCUT2D eigenvalue weighted by molar-refractivity contribution is 5.74. The molecule has 36 heavy (non-hydrogen) atoms. The van der Waals surface area contributed by atoms with Gasteiger partial charge in [-0.3, -0.25) is 9.59 Å². The fourth-order valence-electron chi connectivity index (χ4n) is 4.02. The molecule has 2 aliphatic heterocycles. The van der Waals surface area contributed by atoms with Gasteiger partial charge in [0.1, 0.15) is 44.0 Å². The number of aromatic nitrogens is 3. The second-order valence-corrected chi connectivity index (χ2v) is 7.99. The van der Waals surface area contributed by atoms with Crippen molar-refractivity contribution >= 4 is 29.4 Å². The number of nitrogens with two attached hydrogens (primary N) is 1. The molecule has 15 heteroatoms. The second kappa shape index (κ2) is 10.3. The molecule has 0 aliphatic carbocycles. The van der Waals surface area contributed by atoms with E-state index >= 15 is 0 Å². The number of carbonyl (C=O) groups excluding carboxylic acids is 3. The Balaban J connectivity index is 1.72. The molecule has 2 aromatic heterocycles. The summed E-state index contributed by atoms with van der Waals surface area (Å²) in [6.07, 6.45) is -6.24. The van der Waals surface area contributed by atoms with Gasteiger partial charge in [0.25, 0.3) is 0 Å². The van der Waals surface area contributed by atoms with Gasteiger partial charge in [-0.1, -0.05) is 0 Å². The van der Waals surface area contributed by atoms with Crippen molar-refractivity contribution in [3.8, 4) is 6.07 Å². The Kier molecular flexibility index (Phi) is 7.15. The molecule has 2 aromatic rings. The molecule has 13 nitrogen and oxygen atoms in total. The molecule has 2 aliphatic rings. The Morgan fingerprint density at radius 2 is 2.00 bits per heavy atom. The molecule has 0 aromatic carbocycles. The van der Waals surface area contributed by atoms with Crippen LogP contribution in [0.4, 0.5) is 19.4 Å². The zero-order chi connectivity index (χ0) is 25.9. The second-order valence-electron chi connectivity index (χ2n) is 7.99. The summed E-state index contributed by atoms with van der Waals surface area (Å²) in [5.41, 5.74) is 4.20. The molecule has 0 spiro atoms. The summed E-state index contributed by atoms with van der Waals surface area (Å²) in [4.78, 5) is 40.7. The number of hydrogen-bond donors (Lipinski definition) is 1. The summed E-state index contributed by atoms with van der Waals surface area (Å²) in [6, 6.07) is 4.95. The molecule has 4 heterocycles. The van der Waals surface area contributed by atoms with E-state index in [0.29, 0.717) is 5.52 Å². The number of nitriles is 1. The third kappa shape index (κ3) is 4.59. The topological polar surface area (TPSA) is 177 Å². The number of carbonyl (C=O) groups is 3. The lowest BCUT2D eigenvalue weighted by Gasteiger charge is -2.28. The SMILES string of the molecule is N#C[C@@]1(c2ccc3c(N)ncnn23)O[C@H](COC(=O)OC(CF)CF)[C@H]2OC(=O)CCCC(=O)O[C@H]21. The van der Waals surface area contributed by atoms with Crippen molar-refractivity contribution < 1.29 is 46.8 Å². The van der Waals surface area contributed by atoms with Gasteiger partial charge >= 0.3 is 18.1 Å². The Labute approximate surface area is 202 Å². The first kappa shape index (κ1) is 25.0. The van der Waals surface area contributed by atoms with Crippen LogP contribution < -0.4 is 5.73 Å². The average Bonchev–Trinajstić information content (AvgIpc) is 3.43. The summed E-state index contributed by atoms with van der Waals surface area (Å²) < 4.78 is 53.1. The van der Waals surface area contributed by atoms with Gasteiger partial charge in [-0.15, -0.1) is 0 Å². The third-order valence-electron chi connectivity index (χ3n) is 5.69. The number of esters is 2. The van der Waals surface area contributed by atoms with Crippen LogP contribution in [-0.4, -0.2) is 77.1 Å². The van der Waals surface area contributed by atoms with Crippen molar-refractivity contribution in [3.05, 3.63) is 24.2 Å². The van der Waals surface area contributed by atoms with Crippen LogP contribution in [0, 0.1) is 11.3 Å². The molecule has 0 unspecified atom stereocenters. The van der Waals surface area contributed by atoms with E-state index in [0.717, 1.165) is 6.33 Å². The number of nitrogens with zero attached hydrogens (tertiary/aromatic N) is 4. The molecular weight excluding hydrogens is 488 g/mol. The molecule has 0 radical (unpaired) electrons. The van der Waals surface area contributed by atoms with Crippen molar-refractivity contribution in [3.63, 3.8) is 0 Å². The van der Waals surface area contributed by atoms with Crippen LogP contribution in [0.1, 0.15) is 25.0 Å². The maximum atomic E-state index is 12.7. The van der Waals surface area contributed by atoms with Gasteiger partial charge in [0.15, 0.2) is 24.1 Å². The maximum Gasteiger partial charge on any atom is 0.508 e. The number of alkyl halides is 2. The predicted molar refractivity (Wildman–Crippen MR) is 111 cm³/mol. The molecule has 0 amide bonds. The highest BCUT2D eigenvalue weighted by Crippen LogP contribution is 2.44. The number of halogens is 2. The minimum atomic E-state index is -2.09. The fraction of sp³-hybridized carbons (Fsp3) is 0.524. The van der Waals surface area contributed by atoms with Crippen LogP contribution in [-0.2, 0) is 38.9 Å². The summed E-state index contributed by atoms with van der Waals surface area (Å²) in [5, 5.41) is 14.4. The van der Waals surface area contributed by atoms with Gasteiger partial charge in [-0.05, 0) is 18.6 Å². The molecule has 0 saturated carbocycles. The first-order valence-corrected chi connectivity index (χ1v) is 10.8. The number of nitrogen functional groups attached to an aromatic ring is 1. The van der Waals surface area contributed by atoms with Gasteiger partial charge in [-0.2, -0.15) is 10.4 Å². The van der Waals surface area contributed by atoms with Crippen molar-refractivity contribution in [2.75, 3.05) is 25.7 Å². The number of fused-ring (bicyclic) bond motifs is 2. The number of anilines is 1. The Hall–Kier alpha value is -4.06. The Morgan fingerprint density at radius 3 is 2.69 bits per heavy atom. The smallest absolute Gasteiger partial charge is 0.455 e. The van der Waals surface area contributed by atoms with Gasteiger partial charge in [-0.25, -0.2) is 23.1 Å². The lowest BCUT2D eigenvalue weighted by atomic mass is 9.92. The van der Waals surface area contributed by atoms with Crippen LogP contribution in [0.25, 0.3) is 5.52 Å². The molecule has 4 rings (SSSR count). The van der Waals surface area contributed by atoms with E-state index in [1.165, 1.54) is 16.6 Å². The monoisotopic (exact) mass is 509 g/mol. The van der Waals surface area contributed by atoms with E-state index in [9.17, 15) is 28.4 Å². The fourth-order valence-corrected chi connectivity index (χ4v) is 4.02. The van der Waals surface area contributed by atoms with Crippen LogP contribution in [0.5, 0.6) is 0 Å². The molecule has 2 N–H and O–H groups in total. The Bertz CT molecular complexity index is 1200. The van der Waals surface area contributed by atoms with Crippen LogP contribution in [0.3, 0.4) is 0 Å². The molecular formula is C21H21F2N5O8. The summed E-state index contributed by atoms with van der Waals surface area (Å²) >= 11 is 0. The quantitative estimate of drug-likeness (QED) is 0.430. The summed E-state index contributed by atoms with van der Waals surface area (Å²) in [7, 11) is 0. The van der Waals surface area contributed by atoms with Crippen molar-refractivity contribution in [1.82, 2.24) is 14.6 Å². The highest BCUT2D eigenvalue weighted by atomic mass is 19.1. The minimum absolute atomic E-state index is 0.0761. The lowest BCUT2D eigenvalue weighted by molar-refractivity contribution is -0.166. The average molecular weight is 509 g/mol. The van der Waals surface area contributed by atoms with Crippen molar-refractivity contribution in [1.29, 1.82) is 5.26 Å². The third-order valence-corrected chi connectivity index (χ3v) is 5.69. The highest BCUT2D eigenvalue weighted by Gasteiger charge is 2.63. The van der Waals surface area contributed by atoms with Crippen LogP contribution in [0.15, 0.2) is 18.5 Å². The normalized spacial score (nSPS) is 26.2. The summed E-state index contributed by atoms with van der Waals surface area (Å²) in [5.74, 6) is -1.32. The van der Waals surface area contributed by atoms with E-state index < -0.39 is 68.1 Å². The van der Waals surface area contributed by atoms with Crippen molar-refractivity contribution in [2.45, 2.75) is 49.3 Å². The van der Waals surface area contributed by atoms with E-state index in [1.807, 2.05) is 6.07 Å². The van der Waals surface area contributed by atoms with Gasteiger partial charge in [0, 0.05) is 12.8 Å². The molecule has 0 bridgehead atoms. The minimum Gasteiger partial charge on any atom is -0.455 e. The summed E-state index contributed by atoms with van der Waals surface area (Å²) in [6.45, 7) is -3.21. The number of rotatable bonds is 6. The van der Waals surface area contributed by atoms with E-state index in [4.69, 9.17) is 24.7 Å². The van der Waals surface area contributed by atoms with E-state index in [2.05, 4.69) is 14.8 Å². The number of hydrogen-bond acceptors (Lipinski definition) is 12. The van der Waals surface area contributed by atoms with E-state index in [1.54, 1.807) is 0 Å². The molecule has 4 atom stereocenters. The van der Waals surface area contributed by atoms with Crippen molar-refractivity contribution in [2.24, 2.45) is 0 Å².